The third-order valence-corrected chi connectivity index (χ3v) is 5.31. The van der Waals surface area contributed by atoms with Crippen LogP contribution in [0.15, 0.2) is 53.7 Å². The minimum Gasteiger partial charge on any atom is -0.325 e. The summed E-state index contributed by atoms with van der Waals surface area (Å²) in [5.41, 5.74) is 2.05. The largest absolute Gasteiger partial charge is 0.325 e. The summed E-state index contributed by atoms with van der Waals surface area (Å²) in [7, 11) is 0. The Hall–Kier alpha value is -1.50. The lowest BCUT2D eigenvalue weighted by atomic mass is 10.2. The zero-order valence-corrected chi connectivity index (χ0v) is 13.6. The summed E-state index contributed by atoms with van der Waals surface area (Å²) in [5.74, 6) is 2.62. The van der Waals surface area contributed by atoms with E-state index in [4.69, 9.17) is 0 Å². The smallest absolute Gasteiger partial charge is 0.242 e. The van der Waals surface area contributed by atoms with Crippen LogP contribution in [0.4, 0.5) is 5.69 Å². The van der Waals surface area contributed by atoms with Gasteiger partial charge in [-0.1, -0.05) is 6.07 Å². The number of anilines is 1. The lowest BCUT2D eigenvalue weighted by molar-refractivity contribution is -0.117. The van der Waals surface area contributed by atoms with Gasteiger partial charge in [-0.2, -0.15) is 0 Å². The standard InChI is InChI=1S/C16H17N3OS2/c20-16(15-10-21-11-18-15)19-13-3-5-14(6-4-13)22-9-12-2-1-7-17-8-12/h1-8,15,18H,9-11H2,(H,19,20). The van der Waals surface area contributed by atoms with E-state index in [-0.39, 0.29) is 11.9 Å². The molecule has 0 aliphatic carbocycles. The van der Waals surface area contributed by atoms with Gasteiger partial charge in [-0.05, 0) is 35.9 Å². The molecular formula is C16H17N3OS2. The zero-order valence-electron chi connectivity index (χ0n) is 12.0. The molecule has 1 aromatic carbocycles. The van der Waals surface area contributed by atoms with Gasteiger partial charge in [-0.15, -0.1) is 23.5 Å². The van der Waals surface area contributed by atoms with Gasteiger partial charge in [-0.3, -0.25) is 15.1 Å². The maximum atomic E-state index is 12.0. The molecule has 6 heteroatoms. The van der Waals surface area contributed by atoms with Crippen LogP contribution in [0.5, 0.6) is 0 Å². The average molecular weight is 331 g/mol. The van der Waals surface area contributed by atoms with Crippen LogP contribution in [0.25, 0.3) is 0 Å². The molecular weight excluding hydrogens is 314 g/mol. The van der Waals surface area contributed by atoms with Gasteiger partial charge >= 0.3 is 0 Å². The lowest BCUT2D eigenvalue weighted by Gasteiger charge is -2.11. The maximum absolute atomic E-state index is 12.0. The molecule has 0 saturated carbocycles. The Morgan fingerprint density at radius 3 is 2.91 bits per heavy atom. The molecule has 4 nitrogen and oxygen atoms in total. The van der Waals surface area contributed by atoms with Crippen LogP contribution >= 0.6 is 23.5 Å². The van der Waals surface area contributed by atoms with Crippen molar-refractivity contribution in [1.82, 2.24) is 10.3 Å². The van der Waals surface area contributed by atoms with E-state index in [1.54, 1.807) is 29.7 Å². The average Bonchev–Trinajstić information content (AvgIpc) is 3.10. The highest BCUT2D eigenvalue weighted by Gasteiger charge is 2.22. The number of nitrogens with one attached hydrogen (secondary N) is 2. The highest BCUT2D eigenvalue weighted by atomic mass is 32.2. The Morgan fingerprint density at radius 2 is 2.23 bits per heavy atom. The lowest BCUT2D eigenvalue weighted by Crippen LogP contribution is -2.37. The van der Waals surface area contributed by atoms with E-state index >= 15 is 0 Å². The first-order valence-electron chi connectivity index (χ1n) is 7.05. The predicted molar refractivity (Wildman–Crippen MR) is 93.1 cm³/mol. The van der Waals surface area contributed by atoms with Crippen LogP contribution in [0.2, 0.25) is 0 Å². The van der Waals surface area contributed by atoms with Crippen molar-refractivity contribution in [2.24, 2.45) is 0 Å². The fraction of sp³-hybridized carbons (Fsp3) is 0.250. The van der Waals surface area contributed by atoms with Gasteiger partial charge in [0.2, 0.25) is 5.91 Å². The Morgan fingerprint density at radius 1 is 1.36 bits per heavy atom. The summed E-state index contributed by atoms with van der Waals surface area (Å²) in [6.07, 6.45) is 3.66. The molecule has 1 saturated heterocycles. The van der Waals surface area contributed by atoms with E-state index in [1.807, 2.05) is 36.5 Å². The minimum atomic E-state index is -0.0790. The van der Waals surface area contributed by atoms with Crippen molar-refractivity contribution in [2.75, 3.05) is 16.9 Å². The summed E-state index contributed by atoms with van der Waals surface area (Å²) in [6.45, 7) is 0. The van der Waals surface area contributed by atoms with E-state index in [0.717, 1.165) is 23.1 Å². The van der Waals surface area contributed by atoms with E-state index in [1.165, 1.54) is 10.5 Å². The molecule has 0 radical (unpaired) electrons. The molecule has 2 aromatic rings. The zero-order chi connectivity index (χ0) is 15.2. The first-order valence-corrected chi connectivity index (χ1v) is 9.19. The first-order chi connectivity index (χ1) is 10.8. The highest BCUT2D eigenvalue weighted by molar-refractivity contribution is 7.99. The molecule has 2 heterocycles. The van der Waals surface area contributed by atoms with Gasteiger partial charge in [0, 0.05) is 40.4 Å². The number of amides is 1. The molecule has 2 N–H and O–H groups in total. The highest BCUT2D eigenvalue weighted by Crippen LogP contribution is 2.24. The van der Waals surface area contributed by atoms with Crippen LogP contribution in [0.3, 0.4) is 0 Å². The van der Waals surface area contributed by atoms with Gasteiger partial charge < -0.3 is 5.32 Å². The van der Waals surface area contributed by atoms with E-state index in [0.29, 0.717) is 0 Å². The number of benzene rings is 1. The Kier molecular flexibility index (Phi) is 5.37. The van der Waals surface area contributed by atoms with Crippen molar-refractivity contribution >= 4 is 35.1 Å². The molecule has 22 heavy (non-hydrogen) atoms. The van der Waals surface area contributed by atoms with Crippen molar-refractivity contribution in [3.63, 3.8) is 0 Å². The fourth-order valence-corrected chi connectivity index (χ4v) is 3.85. The number of nitrogens with zero attached hydrogens (tertiary/aromatic N) is 1. The number of pyridine rings is 1. The quantitative estimate of drug-likeness (QED) is 0.825. The van der Waals surface area contributed by atoms with Crippen LogP contribution in [-0.4, -0.2) is 28.6 Å². The van der Waals surface area contributed by atoms with Crippen LogP contribution in [-0.2, 0) is 10.5 Å². The molecule has 0 bridgehead atoms. The molecule has 1 fully saturated rings. The van der Waals surface area contributed by atoms with Gasteiger partial charge in [0.1, 0.15) is 0 Å². The van der Waals surface area contributed by atoms with E-state index < -0.39 is 0 Å². The monoisotopic (exact) mass is 331 g/mol. The second kappa shape index (κ2) is 7.67. The number of hydrogen-bond acceptors (Lipinski definition) is 5. The molecule has 1 atom stereocenters. The van der Waals surface area contributed by atoms with Crippen LogP contribution < -0.4 is 10.6 Å². The number of thioether (sulfide) groups is 2. The number of carbonyl (C=O) groups is 1. The molecule has 1 amide bonds. The molecule has 114 valence electrons. The summed E-state index contributed by atoms with van der Waals surface area (Å²) in [6, 6.07) is 11.9. The SMILES string of the molecule is O=C(Nc1ccc(SCc2cccnc2)cc1)C1CSCN1. The summed E-state index contributed by atoms with van der Waals surface area (Å²) >= 11 is 3.51. The molecule has 1 aliphatic rings. The first kappa shape index (κ1) is 15.4. The number of carbonyl (C=O) groups excluding carboxylic acids is 1. The molecule has 3 rings (SSSR count). The van der Waals surface area contributed by atoms with Gasteiger partial charge in [0.15, 0.2) is 0 Å². The Bertz CT molecular complexity index is 613. The summed E-state index contributed by atoms with van der Waals surface area (Å²) in [5, 5.41) is 6.12. The Balaban J connectivity index is 1.52. The van der Waals surface area contributed by atoms with Crippen molar-refractivity contribution < 1.29 is 4.79 Å². The second-order valence-electron chi connectivity index (χ2n) is 4.94. The van der Waals surface area contributed by atoms with Crippen molar-refractivity contribution in [1.29, 1.82) is 0 Å². The van der Waals surface area contributed by atoms with Crippen LogP contribution in [0.1, 0.15) is 5.56 Å². The third-order valence-electron chi connectivity index (χ3n) is 3.28. The summed E-state index contributed by atoms with van der Waals surface area (Å²) in [4.78, 5) is 17.3. The number of hydrogen-bond donors (Lipinski definition) is 2. The van der Waals surface area contributed by atoms with Crippen molar-refractivity contribution in [3.05, 3.63) is 54.4 Å². The molecule has 0 spiro atoms. The van der Waals surface area contributed by atoms with Crippen LogP contribution in [0, 0.1) is 0 Å². The Labute approximate surface area is 138 Å². The van der Waals surface area contributed by atoms with Gasteiger partial charge in [0.05, 0.1) is 6.04 Å². The van der Waals surface area contributed by atoms with Gasteiger partial charge in [0.25, 0.3) is 0 Å². The summed E-state index contributed by atoms with van der Waals surface area (Å²) < 4.78 is 0. The van der Waals surface area contributed by atoms with E-state index in [2.05, 4.69) is 21.7 Å². The minimum absolute atomic E-state index is 0.0424. The van der Waals surface area contributed by atoms with Gasteiger partial charge in [-0.25, -0.2) is 0 Å². The third kappa shape index (κ3) is 4.25. The maximum Gasteiger partial charge on any atom is 0.242 e. The topological polar surface area (TPSA) is 54.0 Å². The fourth-order valence-electron chi connectivity index (χ4n) is 2.08. The predicted octanol–water partition coefficient (Wildman–Crippen LogP) is 2.97. The molecule has 1 aliphatic heterocycles. The van der Waals surface area contributed by atoms with E-state index in [9.17, 15) is 4.79 Å². The molecule has 1 unspecified atom stereocenters. The number of rotatable bonds is 5. The number of aromatic nitrogens is 1. The van der Waals surface area contributed by atoms with Crippen molar-refractivity contribution in [2.45, 2.75) is 16.7 Å². The normalized spacial score (nSPS) is 17.4. The van der Waals surface area contributed by atoms with Crippen molar-refractivity contribution in [3.8, 4) is 0 Å². The molecule has 1 aromatic heterocycles. The second-order valence-corrected chi connectivity index (χ2v) is 7.01.